The molecule has 2 aromatic heterocycles. The Balaban J connectivity index is 1.81. The first-order chi connectivity index (χ1) is 9.21. The van der Waals surface area contributed by atoms with Crippen molar-refractivity contribution in [3.05, 3.63) is 28.5 Å². The maximum atomic E-state index is 11.7. The van der Waals surface area contributed by atoms with Crippen molar-refractivity contribution in [2.75, 3.05) is 5.32 Å². The Kier molecular flexibility index (Phi) is 4.51. The molecule has 0 aliphatic rings. The van der Waals surface area contributed by atoms with Crippen LogP contribution in [0.25, 0.3) is 0 Å². The lowest BCUT2D eigenvalue weighted by molar-refractivity contribution is 0.251. The molecule has 0 spiro atoms. The molecule has 0 atom stereocenters. The van der Waals surface area contributed by atoms with Gasteiger partial charge in [0.2, 0.25) is 0 Å². The largest absolute Gasteiger partial charge is 0.331 e. The lowest BCUT2D eigenvalue weighted by Gasteiger charge is -2.03. The molecule has 2 aromatic rings. The number of carbonyl (C=O) groups excluding carboxylic acids is 1. The van der Waals surface area contributed by atoms with Gasteiger partial charge in [0.1, 0.15) is 5.01 Å². The highest BCUT2D eigenvalue weighted by Gasteiger charge is 2.05. The number of nitrogens with one attached hydrogen (secondary N) is 2. The summed E-state index contributed by atoms with van der Waals surface area (Å²) in [5.41, 5.74) is 0.688. The van der Waals surface area contributed by atoms with Crippen molar-refractivity contribution in [2.24, 2.45) is 0 Å². The molecule has 2 heterocycles. The normalized spacial score (nSPS) is 10.4. The summed E-state index contributed by atoms with van der Waals surface area (Å²) in [6.45, 7) is 5.30. The Hall–Kier alpha value is -1.89. The van der Waals surface area contributed by atoms with Gasteiger partial charge in [-0.15, -0.1) is 11.3 Å². The average molecular weight is 279 g/mol. The topological polar surface area (TPSA) is 71.8 Å². The van der Waals surface area contributed by atoms with Gasteiger partial charge in [-0.2, -0.15) is 5.10 Å². The van der Waals surface area contributed by atoms with Gasteiger partial charge in [0.15, 0.2) is 0 Å². The number of amides is 2. The quantitative estimate of drug-likeness (QED) is 0.881. The molecule has 0 aliphatic carbocycles. The molecule has 2 rings (SSSR count). The monoisotopic (exact) mass is 279 g/mol. The fraction of sp³-hybridized carbons (Fsp3) is 0.417. The van der Waals surface area contributed by atoms with E-state index < -0.39 is 0 Å². The van der Waals surface area contributed by atoms with Crippen LogP contribution in [-0.2, 0) is 19.5 Å². The SMILES string of the molecule is CCc1cnc(CNC(=O)Nc2cnn(CC)c2)s1. The van der Waals surface area contributed by atoms with Gasteiger partial charge in [0, 0.05) is 23.8 Å². The second kappa shape index (κ2) is 6.33. The number of urea groups is 1. The summed E-state index contributed by atoms with van der Waals surface area (Å²) < 4.78 is 1.75. The molecule has 7 heteroatoms. The molecule has 102 valence electrons. The number of rotatable bonds is 5. The molecule has 2 amide bonds. The Morgan fingerprint density at radius 1 is 1.42 bits per heavy atom. The number of aromatic nitrogens is 3. The van der Waals surface area contributed by atoms with Crippen molar-refractivity contribution in [2.45, 2.75) is 33.4 Å². The van der Waals surface area contributed by atoms with E-state index in [1.807, 2.05) is 13.1 Å². The highest BCUT2D eigenvalue weighted by molar-refractivity contribution is 7.11. The predicted molar refractivity (Wildman–Crippen MR) is 75.3 cm³/mol. The molecular weight excluding hydrogens is 262 g/mol. The Morgan fingerprint density at radius 2 is 2.26 bits per heavy atom. The third-order valence-electron chi connectivity index (χ3n) is 2.57. The first kappa shape index (κ1) is 13.5. The lowest BCUT2D eigenvalue weighted by Crippen LogP contribution is -2.27. The van der Waals surface area contributed by atoms with Crippen molar-refractivity contribution < 1.29 is 4.79 Å². The standard InChI is InChI=1S/C12H17N5OS/c1-3-10-6-13-11(19-10)7-14-12(18)16-9-5-15-17(4-2)8-9/h5-6,8H,3-4,7H2,1-2H3,(H2,14,16,18). The van der Waals surface area contributed by atoms with Gasteiger partial charge in [-0.3, -0.25) is 4.68 Å². The number of nitrogens with zero attached hydrogens (tertiary/aromatic N) is 3. The second-order valence-electron chi connectivity index (χ2n) is 3.97. The maximum absolute atomic E-state index is 11.7. The number of aryl methyl sites for hydroxylation is 2. The van der Waals surface area contributed by atoms with Crippen molar-refractivity contribution in [1.82, 2.24) is 20.1 Å². The number of carbonyl (C=O) groups is 1. The highest BCUT2D eigenvalue weighted by atomic mass is 32.1. The molecule has 0 bridgehead atoms. The van der Waals surface area contributed by atoms with Crippen molar-refractivity contribution in [3.63, 3.8) is 0 Å². The first-order valence-electron chi connectivity index (χ1n) is 6.22. The van der Waals surface area contributed by atoms with Gasteiger partial charge in [0.25, 0.3) is 0 Å². The van der Waals surface area contributed by atoms with Crippen LogP contribution < -0.4 is 10.6 Å². The van der Waals surface area contributed by atoms with Crippen LogP contribution in [0.5, 0.6) is 0 Å². The smallest absolute Gasteiger partial charge is 0.319 e. The van der Waals surface area contributed by atoms with E-state index in [1.165, 1.54) is 4.88 Å². The van der Waals surface area contributed by atoms with Gasteiger partial charge in [-0.1, -0.05) is 6.92 Å². The Bertz CT molecular complexity index is 548. The predicted octanol–water partition coefficient (Wildman–Crippen LogP) is 2.24. The van der Waals surface area contributed by atoms with Crippen molar-refractivity contribution in [1.29, 1.82) is 0 Å². The van der Waals surface area contributed by atoms with E-state index in [2.05, 4.69) is 27.6 Å². The van der Waals surface area contributed by atoms with Gasteiger partial charge in [0.05, 0.1) is 18.4 Å². The van der Waals surface area contributed by atoms with E-state index in [9.17, 15) is 4.79 Å². The minimum Gasteiger partial charge on any atom is -0.331 e. The summed E-state index contributed by atoms with van der Waals surface area (Å²) in [7, 11) is 0. The zero-order valence-electron chi connectivity index (χ0n) is 11.0. The van der Waals surface area contributed by atoms with Gasteiger partial charge in [-0.25, -0.2) is 9.78 Å². The minimum atomic E-state index is -0.246. The molecule has 6 nitrogen and oxygen atoms in total. The van der Waals surface area contributed by atoms with Gasteiger partial charge < -0.3 is 10.6 Å². The summed E-state index contributed by atoms with van der Waals surface area (Å²) in [5.74, 6) is 0. The molecule has 0 fully saturated rings. The number of hydrogen-bond donors (Lipinski definition) is 2. The maximum Gasteiger partial charge on any atom is 0.319 e. The summed E-state index contributed by atoms with van der Waals surface area (Å²) in [6, 6.07) is -0.246. The summed E-state index contributed by atoms with van der Waals surface area (Å²) in [4.78, 5) is 17.1. The van der Waals surface area contributed by atoms with Crippen LogP contribution in [0.15, 0.2) is 18.6 Å². The van der Waals surface area contributed by atoms with Crippen LogP contribution in [-0.4, -0.2) is 20.8 Å². The van der Waals surface area contributed by atoms with Crippen molar-refractivity contribution >= 4 is 23.1 Å². The molecule has 2 N–H and O–H groups in total. The second-order valence-corrected chi connectivity index (χ2v) is 5.17. The Morgan fingerprint density at radius 3 is 2.89 bits per heavy atom. The fourth-order valence-corrected chi connectivity index (χ4v) is 2.33. The van der Waals surface area contributed by atoms with Crippen molar-refractivity contribution in [3.8, 4) is 0 Å². The zero-order valence-corrected chi connectivity index (χ0v) is 11.8. The van der Waals surface area contributed by atoms with Crippen LogP contribution in [0.1, 0.15) is 23.7 Å². The molecule has 0 aromatic carbocycles. The molecular formula is C12H17N5OS. The Labute approximate surface area is 115 Å². The van der Waals surface area contributed by atoms with Gasteiger partial charge in [-0.05, 0) is 13.3 Å². The fourth-order valence-electron chi connectivity index (χ4n) is 1.53. The third kappa shape index (κ3) is 3.78. The molecule has 0 aliphatic heterocycles. The zero-order chi connectivity index (χ0) is 13.7. The van der Waals surface area contributed by atoms with Crippen LogP contribution in [0.3, 0.4) is 0 Å². The van der Waals surface area contributed by atoms with E-state index in [1.54, 1.807) is 28.4 Å². The third-order valence-corrected chi connectivity index (χ3v) is 3.71. The van der Waals surface area contributed by atoms with E-state index in [-0.39, 0.29) is 6.03 Å². The molecule has 0 saturated carbocycles. The summed E-state index contributed by atoms with van der Waals surface area (Å²) in [5, 5.41) is 10.5. The van der Waals surface area contributed by atoms with E-state index in [0.29, 0.717) is 12.2 Å². The number of anilines is 1. The van der Waals surface area contributed by atoms with Crippen LogP contribution >= 0.6 is 11.3 Å². The van der Waals surface area contributed by atoms with Crippen LogP contribution in [0.4, 0.5) is 10.5 Å². The first-order valence-corrected chi connectivity index (χ1v) is 7.03. The van der Waals surface area contributed by atoms with Crippen LogP contribution in [0.2, 0.25) is 0 Å². The molecule has 0 radical (unpaired) electrons. The minimum absolute atomic E-state index is 0.246. The summed E-state index contributed by atoms with van der Waals surface area (Å²) >= 11 is 1.62. The summed E-state index contributed by atoms with van der Waals surface area (Å²) in [6.07, 6.45) is 6.24. The van der Waals surface area contributed by atoms with E-state index >= 15 is 0 Å². The lowest BCUT2D eigenvalue weighted by atomic mass is 10.4. The van der Waals surface area contributed by atoms with Crippen LogP contribution in [0, 0.1) is 0 Å². The average Bonchev–Trinajstić information content (AvgIpc) is 3.04. The van der Waals surface area contributed by atoms with E-state index in [4.69, 9.17) is 0 Å². The number of hydrogen-bond acceptors (Lipinski definition) is 4. The van der Waals surface area contributed by atoms with Gasteiger partial charge >= 0.3 is 6.03 Å². The van der Waals surface area contributed by atoms with E-state index in [0.717, 1.165) is 18.0 Å². The molecule has 0 unspecified atom stereocenters. The number of thiazole rings is 1. The molecule has 0 saturated heterocycles. The molecule has 19 heavy (non-hydrogen) atoms. The highest BCUT2D eigenvalue weighted by Crippen LogP contribution is 2.13.